The van der Waals surface area contributed by atoms with Crippen molar-refractivity contribution in [2.45, 2.75) is 46.3 Å². The van der Waals surface area contributed by atoms with Gasteiger partial charge in [-0.25, -0.2) is 0 Å². The molecule has 0 amide bonds. The van der Waals surface area contributed by atoms with Gasteiger partial charge in [-0.15, -0.1) is 0 Å². The average Bonchev–Trinajstić information content (AvgIpc) is 2.55. The molecule has 0 fully saturated rings. The van der Waals surface area contributed by atoms with E-state index >= 15 is 0 Å². The molecule has 0 bridgehead atoms. The van der Waals surface area contributed by atoms with Gasteiger partial charge in [-0.2, -0.15) is 5.10 Å². The SMILES string of the molecule is CCn1ncc(OC)c1CNC(C)(C)C. The van der Waals surface area contributed by atoms with Crippen LogP contribution >= 0.6 is 0 Å². The van der Waals surface area contributed by atoms with E-state index in [9.17, 15) is 0 Å². The fourth-order valence-corrected chi connectivity index (χ4v) is 1.36. The Hall–Kier alpha value is -1.03. The first kappa shape index (κ1) is 12.0. The van der Waals surface area contributed by atoms with Crippen molar-refractivity contribution < 1.29 is 4.74 Å². The van der Waals surface area contributed by atoms with Crippen molar-refractivity contribution in [3.05, 3.63) is 11.9 Å². The van der Waals surface area contributed by atoms with Gasteiger partial charge in [0.05, 0.1) is 19.0 Å². The van der Waals surface area contributed by atoms with Crippen LogP contribution in [-0.4, -0.2) is 22.4 Å². The lowest BCUT2D eigenvalue weighted by Gasteiger charge is -2.21. The van der Waals surface area contributed by atoms with E-state index in [1.165, 1.54) is 0 Å². The van der Waals surface area contributed by atoms with Crippen LogP contribution in [0.3, 0.4) is 0 Å². The Morgan fingerprint density at radius 1 is 1.47 bits per heavy atom. The minimum atomic E-state index is 0.105. The van der Waals surface area contributed by atoms with Gasteiger partial charge < -0.3 is 10.1 Å². The number of aromatic nitrogens is 2. The molecular formula is C11H21N3O. The van der Waals surface area contributed by atoms with Crippen LogP contribution in [0.4, 0.5) is 0 Å². The van der Waals surface area contributed by atoms with E-state index in [1.807, 2.05) is 4.68 Å². The van der Waals surface area contributed by atoms with Crippen molar-refractivity contribution in [3.63, 3.8) is 0 Å². The maximum atomic E-state index is 5.27. The summed E-state index contributed by atoms with van der Waals surface area (Å²) in [4.78, 5) is 0. The van der Waals surface area contributed by atoms with E-state index in [-0.39, 0.29) is 5.54 Å². The molecule has 0 aliphatic carbocycles. The molecule has 0 unspecified atom stereocenters. The van der Waals surface area contributed by atoms with E-state index in [4.69, 9.17) is 4.74 Å². The number of rotatable bonds is 4. The minimum Gasteiger partial charge on any atom is -0.493 e. The summed E-state index contributed by atoms with van der Waals surface area (Å²) in [6, 6.07) is 0. The molecule has 4 nitrogen and oxygen atoms in total. The molecule has 0 spiro atoms. The molecule has 0 aromatic carbocycles. The van der Waals surface area contributed by atoms with Crippen LogP contribution < -0.4 is 10.1 Å². The second-order valence-electron chi connectivity index (χ2n) is 4.58. The summed E-state index contributed by atoms with van der Waals surface area (Å²) in [5.74, 6) is 0.855. The highest BCUT2D eigenvalue weighted by atomic mass is 16.5. The first-order chi connectivity index (χ1) is 6.98. The van der Waals surface area contributed by atoms with Crippen LogP contribution in [-0.2, 0) is 13.1 Å². The predicted molar refractivity (Wildman–Crippen MR) is 61.0 cm³/mol. The van der Waals surface area contributed by atoms with E-state index in [2.05, 4.69) is 38.1 Å². The third kappa shape index (κ3) is 3.23. The lowest BCUT2D eigenvalue weighted by Crippen LogP contribution is -2.35. The van der Waals surface area contributed by atoms with Crippen molar-refractivity contribution in [3.8, 4) is 5.75 Å². The summed E-state index contributed by atoms with van der Waals surface area (Å²) in [6.45, 7) is 10.2. The summed E-state index contributed by atoms with van der Waals surface area (Å²) < 4.78 is 7.23. The van der Waals surface area contributed by atoms with Crippen LogP contribution in [0, 0.1) is 0 Å². The molecule has 0 saturated heterocycles. The molecule has 1 rings (SSSR count). The highest BCUT2D eigenvalue weighted by Gasteiger charge is 2.14. The second kappa shape index (κ2) is 4.66. The Balaban J connectivity index is 2.77. The number of methoxy groups -OCH3 is 1. The summed E-state index contributed by atoms with van der Waals surface area (Å²) in [5.41, 5.74) is 1.21. The fourth-order valence-electron chi connectivity index (χ4n) is 1.36. The molecule has 0 radical (unpaired) electrons. The van der Waals surface area contributed by atoms with Crippen molar-refractivity contribution in [1.82, 2.24) is 15.1 Å². The van der Waals surface area contributed by atoms with Gasteiger partial charge >= 0.3 is 0 Å². The molecule has 1 aromatic heterocycles. The van der Waals surface area contributed by atoms with Gasteiger partial charge in [0.2, 0.25) is 0 Å². The highest BCUT2D eigenvalue weighted by Crippen LogP contribution is 2.17. The zero-order valence-corrected chi connectivity index (χ0v) is 10.3. The highest BCUT2D eigenvalue weighted by molar-refractivity contribution is 5.25. The minimum absolute atomic E-state index is 0.105. The van der Waals surface area contributed by atoms with Gasteiger partial charge in [0, 0.05) is 18.6 Å². The number of aryl methyl sites for hydroxylation is 1. The third-order valence-electron chi connectivity index (χ3n) is 2.22. The quantitative estimate of drug-likeness (QED) is 0.825. The molecule has 1 aromatic rings. The standard InChI is InChI=1S/C11H21N3O/c1-6-14-9(7-12-11(2,3)4)10(15-5)8-13-14/h8,12H,6-7H2,1-5H3. The topological polar surface area (TPSA) is 39.1 Å². The zero-order chi connectivity index (χ0) is 11.5. The van der Waals surface area contributed by atoms with Gasteiger partial charge in [0.15, 0.2) is 5.75 Å². The number of nitrogens with one attached hydrogen (secondary N) is 1. The molecule has 1 N–H and O–H groups in total. The smallest absolute Gasteiger partial charge is 0.161 e. The average molecular weight is 211 g/mol. The van der Waals surface area contributed by atoms with E-state index in [1.54, 1.807) is 13.3 Å². The number of nitrogens with zero attached hydrogens (tertiary/aromatic N) is 2. The Labute approximate surface area is 91.6 Å². The third-order valence-corrected chi connectivity index (χ3v) is 2.22. The van der Waals surface area contributed by atoms with Gasteiger partial charge in [-0.1, -0.05) is 0 Å². The Morgan fingerprint density at radius 2 is 2.13 bits per heavy atom. The molecule has 0 saturated carbocycles. The maximum absolute atomic E-state index is 5.27. The fraction of sp³-hybridized carbons (Fsp3) is 0.727. The molecule has 0 aliphatic heterocycles. The summed E-state index contributed by atoms with van der Waals surface area (Å²) >= 11 is 0. The number of hydrogen-bond donors (Lipinski definition) is 1. The van der Waals surface area contributed by atoms with Crippen molar-refractivity contribution >= 4 is 0 Å². The lowest BCUT2D eigenvalue weighted by molar-refractivity contribution is 0.384. The van der Waals surface area contributed by atoms with E-state index in [0.717, 1.165) is 24.5 Å². The lowest BCUT2D eigenvalue weighted by atomic mass is 10.1. The molecule has 15 heavy (non-hydrogen) atoms. The van der Waals surface area contributed by atoms with Gasteiger partial charge in [-0.05, 0) is 27.7 Å². The Morgan fingerprint density at radius 3 is 2.60 bits per heavy atom. The van der Waals surface area contributed by atoms with Crippen molar-refractivity contribution in [2.24, 2.45) is 0 Å². The van der Waals surface area contributed by atoms with E-state index < -0.39 is 0 Å². The molecule has 0 aliphatic rings. The normalized spacial score (nSPS) is 11.8. The van der Waals surface area contributed by atoms with Crippen molar-refractivity contribution in [2.75, 3.05) is 7.11 Å². The Kier molecular flexibility index (Phi) is 3.74. The largest absolute Gasteiger partial charge is 0.493 e. The number of hydrogen-bond acceptors (Lipinski definition) is 3. The molecule has 0 atom stereocenters. The second-order valence-corrected chi connectivity index (χ2v) is 4.58. The first-order valence-corrected chi connectivity index (χ1v) is 5.31. The monoisotopic (exact) mass is 211 g/mol. The van der Waals surface area contributed by atoms with Crippen LogP contribution in [0.15, 0.2) is 6.20 Å². The molecule has 86 valence electrons. The van der Waals surface area contributed by atoms with Crippen LogP contribution in [0.25, 0.3) is 0 Å². The van der Waals surface area contributed by atoms with Crippen LogP contribution in [0.2, 0.25) is 0 Å². The summed E-state index contributed by atoms with van der Waals surface area (Å²) in [6.07, 6.45) is 1.77. The zero-order valence-electron chi connectivity index (χ0n) is 10.3. The first-order valence-electron chi connectivity index (χ1n) is 5.31. The number of ether oxygens (including phenoxy) is 1. The van der Waals surface area contributed by atoms with Gasteiger partial charge in [-0.3, -0.25) is 4.68 Å². The van der Waals surface area contributed by atoms with Gasteiger partial charge in [0.1, 0.15) is 0 Å². The van der Waals surface area contributed by atoms with Crippen molar-refractivity contribution in [1.29, 1.82) is 0 Å². The predicted octanol–water partition coefficient (Wildman–Crippen LogP) is 1.80. The molecular weight excluding hydrogens is 190 g/mol. The van der Waals surface area contributed by atoms with E-state index in [0.29, 0.717) is 0 Å². The summed E-state index contributed by atoms with van der Waals surface area (Å²) in [7, 11) is 1.68. The van der Waals surface area contributed by atoms with Crippen LogP contribution in [0.1, 0.15) is 33.4 Å². The molecule has 1 heterocycles. The maximum Gasteiger partial charge on any atom is 0.161 e. The Bertz CT molecular complexity index is 291. The molecule has 4 heteroatoms. The van der Waals surface area contributed by atoms with Crippen LogP contribution in [0.5, 0.6) is 5.75 Å². The van der Waals surface area contributed by atoms with Gasteiger partial charge in [0.25, 0.3) is 0 Å². The summed E-state index contributed by atoms with van der Waals surface area (Å²) in [5, 5.41) is 7.69.